The molecule has 4 heteroatoms. The fourth-order valence-corrected chi connectivity index (χ4v) is 3.96. The van der Waals surface area contributed by atoms with Gasteiger partial charge in [-0.15, -0.1) is 0 Å². The Morgan fingerprint density at radius 3 is 2.16 bits per heavy atom. The lowest BCUT2D eigenvalue weighted by atomic mass is 9.93. The molecule has 0 spiro atoms. The van der Waals surface area contributed by atoms with Gasteiger partial charge >= 0.3 is 0 Å². The van der Waals surface area contributed by atoms with Crippen molar-refractivity contribution in [3.05, 3.63) is 106 Å². The van der Waals surface area contributed by atoms with Crippen LogP contribution in [0, 0.1) is 0 Å². The molecule has 0 aromatic heterocycles. The second kappa shape index (κ2) is 6.14. The summed E-state index contributed by atoms with van der Waals surface area (Å²) in [6.07, 6.45) is 0. The van der Waals surface area contributed by atoms with E-state index in [4.69, 9.17) is 0 Å². The van der Waals surface area contributed by atoms with Gasteiger partial charge < -0.3 is 5.11 Å². The number of benzene rings is 3. The molecule has 0 bridgehead atoms. The predicted octanol–water partition coefficient (Wildman–Crippen LogP) is 4.30. The van der Waals surface area contributed by atoms with Crippen LogP contribution in [0.5, 0.6) is 0 Å². The molecule has 1 heterocycles. The molecule has 1 aliphatic rings. The van der Waals surface area contributed by atoms with Crippen LogP contribution in [-0.4, -0.2) is 15.9 Å². The number of carbonyl (C=O) groups is 1. The average molecular weight is 394 g/mol. The normalized spacial score (nSPS) is 19.1. The highest BCUT2D eigenvalue weighted by Gasteiger charge is 2.50. The van der Waals surface area contributed by atoms with Crippen LogP contribution in [0.1, 0.15) is 27.0 Å². The van der Waals surface area contributed by atoms with Crippen LogP contribution < -0.4 is 0 Å². The van der Waals surface area contributed by atoms with Crippen molar-refractivity contribution < 1.29 is 9.90 Å². The molecule has 124 valence electrons. The summed E-state index contributed by atoms with van der Waals surface area (Å²) in [5.41, 5.74) is 1.27. The first kappa shape index (κ1) is 16.1. The number of halogens is 1. The molecule has 1 amide bonds. The lowest BCUT2D eigenvalue weighted by Crippen LogP contribution is -2.44. The Labute approximate surface area is 154 Å². The third-order valence-corrected chi connectivity index (χ3v) is 5.29. The molecule has 3 nitrogen and oxygen atoms in total. The fraction of sp³-hybridized carbons (Fsp3) is 0.0952. The Morgan fingerprint density at radius 1 is 0.840 bits per heavy atom. The van der Waals surface area contributed by atoms with E-state index in [9.17, 15) is 9.90 Å². The van der Waals surface area contributed by atoms with Crippen molar-refractivity contribution in [3.63, 3.8) is 0 Å². The highest BCUT2D eigenvalue weighted by atomic mass is 79.9. The molecule has 0 aliphatic carbocycles. The number of aliphatic hydroxyl groups is 1. The third-order valence-electron chi connectivity index (χ3n) is 4.60. The minimum atomic E-state index is -1.51. The first-order chi connectivity index (χ1) is 12.1. The van der Waals surface area contributed by atoms with Gasteiger partial charge in [-0.2, -0.15) is 0 Å². The molecule has 0 unspecified atom stereocenters. The van der Waals surface area contributed by atoms with E-state index in [2.05, 4.69) is 15.9 Å². The van der Waals surface area contributed by atoms with E-state index in [0.717, 1.165) is 10.0 Å². The topological polar surface area (TPSA) is 40.5 Å². The molecule has 0 fully saturated rings. The van der Waals surface area contributed by atoms with E-state index >= 15 is 0 Å². The number of hydrogen-bond donors (Lipinski definition) is 1. The molecule has 0 saturated heterocycles. The monoisotopic (exact) mass is 393 g/mol. The van der Waals surface area contributed by atoms with Crippen molar-refractivity contribution in [3.8, 4) is 0 Å². The summed E-state index contributed by atoms with van der Waals surface area (Å²) < 4.78 is 0.764. The summed E-state index contributed by atoms with van der Waals surface area (Å²) in [5.74, 6) is -0.169. The van der Waals surface area contributed by atoms with Gasteiger partial charge in [0.05, 0.1) is 0 Å². The predicted molar refractivity (Wildman–Crippen MR) is 99.9 cm³/mol. The minimum absolute atomic E-state index is 0.169. The maximum absolute atomic E-state index is 13.1. The van der Waals surface area contributed by atoms with Gasteiger partial charge in [-0.1, -0.05) is 82.7 Å². The van der Waals surface area contributed by atoms with Crippen molar-refractivity contribution in [1.82, 2.24) is 4.90 Å². The Balaban J connectivity index is 1.90. The molecule has 4 rings (SSSR count). The number of hydrogen-bond acceptors (Lipinski definition) is 2. The quantitative estimate of drug-likeness (QED) is 0.720. The van der Waals surface area contributed by atoms with E-state index in [1.807, 2.05) is 72.8 Å². The van der Waals surface area contributed by atoms with E-state index in [0.29, 0.717) is 23.2 Å². The van der Waals surface area contributed by atoms with Gasteiger partial charge in [0.2, 0.25) is 0 Å². The van der Waals surface area contributed by atoms with Crippen LogP contribution in [0.15, 0.2) is 83.3 Å². The van der Waals surface area contributed by atoms with Crippen molar-refractivity contribution in [2.45, 2.75) is 12.3 Å². The lowest BCUT2D eigenvalue weighted by molar-refractivity contribution is -0.0548. The van der Waals surface area contributed by atoms with Gasteiger partial charge in [0.25, 0.3) is 5.91 Å². The van der Waals surface area contributed by atoms with Crippen LogP contribution >= 0.6 is 15.9 Å². The molecule has 1 N–H and O–H groups in total. The standard InChI is InChI=1S/C21H16BrNO2/c22-19-13-7-6-12-18(19)21(25)17-11-5-4-10-16(17)20(24)23(21)14-15-8-2-1-3-9-15/h1-13,25H,14H2/t21-/m1/s1. The van der Waals surface area contributed by atoms with Crippen molar-refractivity contribution in [2.75, 3.05) is 0 Å². The zero-order chi connectivity index (χ0) is 17.4. The Morgan fingerprint density at radius 2 is 1.44 bits per heavy atom. The highest BCUT2D eigenvalue weighted by Crippen LogP contribution is 2.45. The summed E-state index contributed by atoms with van der Waals surface area (Å²) in [5, 5.41) is 11.8. The van der Waals surface area contributed by atoms with Gasteiger partial charge in [-0.25, -0.2) is 0 Å². The van der Waals surface area contributed by atoms with Crippen LogP contribution in [0.25, 0.3) is 0 Å². The maximum Gasteiger partial charge on any atom is 0.257 e. The zero-order valence-corrected chi connectivity index (χ0v) is 15.0. The minimum Gasteiger partial charge on any atom is -0.363 e. The number of amides is 1. The third kappa shape index (κ3) is 2.49. The van der Waals surface area contributed by atoms with Gasteiger partial charge in [0.15, 0.2) is 5.72 Å². The van der Waals surface area contributed by atoms with Crippen LogP contribution in [-0.2, 0) is 12.3 Å². The van der Waals surface area contributed by atoms with Crippen molar-refractivity contribution in [2.24, 2.45) is 0 Å². The van der Waals surface area contributed by atoms with Gasteiger partial charge in [-0.05, 0) is 17.7 Å². The maximum atomic E-state index is 13.1. The zero-order valence-electron chi connectivity index (χ0n) is 13.4. The number of nitrogens with zero attached hydrogens (tertiary/aromatic N) is 1. The van der Waals surface area contributed by atoms with Crippen molar-refractivity contribution >= 4 is 21.8 Å². The molecule has 3 aromatic carbocycles. The molecule has 0 saturated carbocycles. The Bertz CT molecular complexity index is 941. The summed E-state index contributed by atoms with van der Waals surface area (Å²) in [6.45, 7) is 0.326. The summed E-state index contributed by atoms with van der Waals surface area (Å²) in [7, 11) is 0. The van der Waals surface area contributed by atoms with Crippen molar-refractivity contribution in [1.29, 1.82) is 0 Å². The lowest BCUT2D eigenvalue weighted by Gasteiger charge is -2.35. The number of fused-ring (bicyclic) bond motifs is 1. The van der Waals surface area contributed by atoms with E-state index in [1.54, 1.807) is 6.07 Å². The molecule has 25 heavy (non-hydrogen) atoms. The van der Waals surface area contributed by atoms with E-state index in [1.165, 1.54) is 4.90 Å². The fourth-order valence-electron chi connectivity index (χ4n) is 3.40. The molecule has 1 aliphatic heterocycles. The van der Waals surface area contributed by atoms with E-state index < -0.39 is 5.72 Å². The van der Waals surface area contributed by atoms with E-state index in [-0.39, 0.29) is 5.91 Å². The number of rotatable bonds is 3. The van der Waals surface area contributed by atoms with Gasteiger partial charge in [-0.3, -0.25) is 9.69 Å². The molecule has 0 radical (unpaired) electrons. The van der Waals surface area contributed by atoms with Crippen LogP contribution in [0.2, 0.25) is 0 Å². The smallest absolute Gasteiger partial charge is 0.257 e. The molecule has 1 atom stereocenters. The molecule has 3 aromatic rings. The average Bonchev–Trinajstić information content (AvgIpc) is 2.86. The van der Waals surface area contributed by atoms with Crippen LogP contribution in [0.4, 0.5) is 0 Å². The second-order valence-electron chi connectivity index (χ2n) is 6.07. The summed E-state index contributed by atoms with van der Waals surface area (Å²) in [6, 6.07) is 24.4. The second-order valence-corrected chi connectivity index (χ2v) is 6.93. The van der Waals surface area contributed by atoms with Crippen LogP contribution in [0.3, 0.4) is 0 Å². The van der Waals surface area contributed by atoms with Gasteiger partial charge in [0.1, 0.15) is 0 Å². The largest absolute Gasteiger partial charge is 0.363 e. The first-order valence-corrected chi connectivity index (χ1v) is 8.84. The Kier molecular flexibility index (Phi) is 3.94. The molecular weight excluding hydrogens is 378 g/mol. The summed E-state index contributed by atoms with van der Waals surface area (Å²) >= 11 is 3.53. The first-order valence-electron chi connectivity index (χ1n) is 8.05. The SMILES string of the molecule is O=C1c2ccccc2[C@@](O)(c2ccccc2Br)N1Cc1ccccc1. The van der Waals surface area contributed by atoms with Gasteiger partial charge in [0, 0.05) is 27.7 Å². The molecular formula is C21H16BrNO2. The highest BCUT2D eigenvalue weighted by molar-refractivity contribution is 9.10. The number of carbonyl (C=O) groups excluding carboxylic acids is 1. The summed E-state index contributed by atoms with van der Waals surface area (Å²) in [4.78, 5) is 14.6. The Hall–Kier alpha value is -2.43.